The molecule has 1 rings (SSSR count). The van der Waals surface area contributed by atoms with E-state index in [4.69, 9.17) is 18.0 Å². The third kappa shape index (κ3) is 5.34. The predicted molar refractivity (Wildman–Crippen MR) is 79.5 cm³/mol. The second-order valence-corrected chi connectivity index (χ2v) is 5.76. The van der Waals surface area contributed by atoms with Crippen LogP contribution in [0.3, 0.4) is 0 Å². The van der Waals surface area contributed by atoms with Crippen molar-refractivity contribution >= 4 is 23.1 Å². The van der Waals surface area contributed by atoms with Gasteiger partial charge in [-0.15, -0.1) is 0 Å². The molecule has 104 valence electrons. The lowest BCUT2D eigenvalue weighted by molar-refractivity contribution is -0.132. The molecule has 0 aliphatic heterocycles. The summed E-state index contributed by atoms with van der Waals surface area (Å²) in [5.74, 6) is 0.241. The number of nitrogens with two attached hydrogens (primary N) is 1. The average molecular weight is 270 g/mol. The first-order valence-electron chi connectivity index (χ1n) is 7.23. The van der Waals surface area contributed by atoms with E-state index in [1.807, 2.05) is 4.90 Å². The molecule has 1 saturated carbocycles. The van der Waals surface area contributed by atoms with Crippen LogP contribution in [-0.2, 0) is 4.79 Å². The van der Waals surface area contributed by atoms with Gasteiger partial charge in [-0.2, -0.15) is 0 Å². The third-order valence-electron chi connectivity index (χ3n) is 3.66. The van der Waals surface area contributed by atoms with Crippen LogP contribution in [0.15, 0.2) is 0 Å². The zero-order valence-corrected chi connectivity index (χ0v) is 12.3. The van der Waals surface area contributed by atoms with Crippen LogP contribution in [0.5, 0.6) is 0 Å². The van der Waals surface area contributed by atoms with E-state index in [0.29, 0.717) is 24.0 Å². The molecule has 0 unspecified atom stereocenters. The van der Waals surface area contributed by atoms with Gasteiger partial charge in [-0.05, 0) is 19.3 Å². The number of hydrogen-bond acceptors (Lipinski definition) is 2. The van der Waals surface area contributed by atoms with E-state index in [1.54, 1.807) is 0 Å². The molecule has 0 heterocycles. The Morgan fingerprint density at radius 3 is 2.50 bits per heavy atom. The highest BCUT2D eigenvalue weighted by atomic mass is 32.1. The Hall–Kier alpha value is -0.640. The zero-order chi connectivity index (χ0) is 13.4. The van der Waals surface area contributed by atoms with Gasteiger partial charge in [-0.3, -0.25) is 4.79 Å². The van der Waals surface area contributed by atoms with Crippen LogP contribution in [0.4, 0.5) is 0 Å². The molecule has 0 atom stereocenters. The standard InChI is InChI=1S/C14H26N2OS/c1-2-3-4-5-10-14(17)16(11-13(15)18)12-8-6-7-9-12/h12H,2-11H2,1H3,(H2,15,18). The largest absolute Gasteiger partial charge is 0.392 e. The lowest BCUT2D eigenvalue weighted by atomic mass is 10.1. The van der Waals surface area contributed by atoms with Gasteiger partial charge in [0.2, 0.25) is 5.91 Å². The van der Waals surface area contributed by atoms with Crippen LogP contribution in [0.25, 0.3) is 0 Å². The first-order chi connectivity index (χ1) is 8.65. The summed E-state index contributed by atoms with van der Waals surface area (Å²) < 4.78 is 0. The molecule has 0 spiro atoms. The van der Waals surface area contributed by atoms with Crippen molar-refractivity contribution in [3.05, 3.63) is 0 Å². The molecule has 4 heteroatoms. The van der Waals surface area contributed by atoms with Crippen molar-refractivity contribution in [1.29, 1.82) is 0 Å². The summed E-state index contributed by atoms with van der Waals surface area (Å²) >= 11 is 4.96. The molecule has 3 nitrogen and oxygen atoms in total. The molecule has 0 radical (unpaired) electrons. The molecule has 2 N–H and O–H groups in total. The molecule has 0 aromatic carbocycles. The lowest BCUT2D eigenvalue weighted by Gasteiger charge is -2.28. The van der Waals surface area contributed by atoms with E-state index >= 15 is 0 Å². The molecule has 1 amide bonds. The number of carbonyl (C=O) groups excluding carboxylic acids is 1. The van der Waals surface area contributed by atoms with Crippen molar-refractivity contribution in [2.45, 2.75) is 70.8 Å². The van der Waals surface area contributed by atoms with Crippen LogP contribution < -0.4 is 5.73 Å². The summed E-state index contributed by atoms with van der Waals surface area (Å²) in [5, 5.41) is 0. The fourth-order valence-electron chi connectivity index (χ4n) is 2.65. The number of unbranched alkanes of at least 4 members (excludes halogenated alkanes) is 3. The quantitative estimate of drug-likeness (QED) is 0.545. The van der Waals surface area contributed by atoms with Gasteiger partial charge < -0.3 is 10.6 Å². The SMILES string of the molecule is CCCCCCC(=O)N(CC(N)=S)C1CCCC1. The molecule has 0 saturated heterocycles. The Labute approximate surface area is 116 Å². The fourth-order valence-corrected chi connectivity index (χ4v) is 2.79. The number of hydrogen-bond donors (Lipinski definition) is 1. The van der Waals surface area contributed by atoms with Crippen LogP contribution in [0, 0.1) is 0 Å². The van der Waals surface area contributed by atoms with Crippen molar-refractivity contribution in [2.24, 2.45) is 5.73 Å². The van der Waals surface area contributed by atoms with Gasteiger partial charge in [0.15, 0.2) is 0 Å². The average Bonchev–Trinajstić information content (AvgIpc) is 2.84. The first kappa shape index (κ1) is 15.4. The maximum atomic E-state index is 12.2. The second kappa shape index (κ2) is 8.46. The summed E-state index contributed by atoms with van der Waals surface area (Å²) in [6.45, 7) is 2.64. The molecule has 18 heavy (non-hydrogen) atoms. The van der Waals surface area contributed by atoms with Gasteiger partial charge in [0.05, 0.1) is 11.5 Å². The highest BCUT2D eigenvalue weighted by Crippen LogP contribution is 2.24. The van der Waals surface area contributed by atoms with Crippen LogP contribution in [0.1, 0.15) is 64.7 Å². The van der Waals surface area contributed by atoms with Gasteiger partial charge >= 0.3 is 0 Å². The maximum absolute atomic E-state index is 12.2. The Balaban J connectivity index is 2.42. The molecule has 0 aromatic rings. The Morgan fingerprint density at radius 1 is 1.28 bits per heavy atom. The molecule has 1 aliphatic carbocycles. The Kier molecular flexibility index (Phi) is 7.25. The molecular formula is C14H26N2OS. The minimum Gasteiger partial charge on any atom is -0.392 e. The number of nitrogens with zero attached hydrogens (tertiary/aromatic N) is 1. The van der Waals surface area contributed by atoms with Gasteiger partial charge in [-0.1, -0.05) is 51.2 Å². The van der Waals surface area contributed by atoms with E-state index in [1.165, 1.54) is 25.7 Å². The maximum Gasteiger partial charge on any atom is 0.223 e. The van der Waals surface area contributed by atoms with Crippen molar-refractivity contribution < 1.29 is 4.79 Å². The van der Waals surface area contributed by atoms with E-state index in [9.17, 15) is 4.79 Å². The first-order valence-corrected chi connectivity index (χ1v) is 7.63. The van der Waals surface area contributed by atoms with Gasteiger partial charge in [0.1, 0.15) is 0 Å². The third-order valence-corrected chi connectivity index (χ3v) is 3.79. The highest BCUT2D eigenvalue weighted by molar-refractivity contribution is 7.80. The van der Waals surface area contributed by atoms with E-state index in [2.05, 4.69) is 6.92 Å². The summed E-state index contributed by atoms with van der Waals surface area (Å²) in [6, 6.07) is 0.380. The molecule has 1 fully saturated rings. The second-order valence-electron chi connectivity index (χ2n) is 5.24. The predicted octanol–water partition coefficient (Wildman–Crippen LogP) is 3.01. The molecule has 1 aliphatic rings. The van der Waals surface area contributed by atoms with Crippen LogP contribution >= 0.6 is 12.2 Å². The highest BCUT2D eigenvalue weighted by Gasteiger charge is 2.26. The number of amides is 1. The number of rotatable bonds is 8. The minimum atomic E-state index is 0.241. The number of thiocarbonyl (C=S) groups is 1. The van der Waals surface area contributed by atoms with Crippen LogP contribution in [-0.4, -0.2) is 28.4 Å². The van der Waals surface area contributed by atoms with Crippen LogP contribution in [0.2, 0.25) is 0 Å². The van der Waals surface area contributed by atoms with Crippen molar-refractivity contribution in [2.75, 3.05) is 6.54 Å². The van der Waals surface area contributed by atoms with E-state index < -0.39 is 0 Å². The summed E-state index contributed by atoms with van der Waals surface area (Å²) in [6.07, 6.45) is 9.88. The van der Waals surface area contributed by atoms with Crippen molar-refractivity contribution in [3.8, 4) is 0 Å². The van der Waals surface area contributed by atoms with Crippen molar-refractivity contribution in [3.63, 3.8) is 0 Å². The minimum absolute atomic E-state index is 0.241. The lowest BCUT2D eigenvalue weighted by Crippen LogP contribution is -2.43. The topological polar surface area (TPSA) is 46.3 Å². The van der Waals surface area contributed by atoms with Gasteiger partial charge in [0.25, 0.3) is 0 Å². The monoisotopic (exact) mass is 270 g/mol. The normalized spacial score (nSPS) is 15.8. The number of carbonyl (C=O) groups is 1. The Morgan fingerprint density at radius 2 is 1.94 bits per heavy atom. The molecule has 0 bridgehead atoms. The summed E-state index contributed by atoms with van der Waals surface area (Å²) in [5.41, 5.74) is 5.61. The van der Waals surface area contributed by atoms with E-state index in [0.717, 1.165) is 25.7 Å². The smallest absolute Gasteiger partial charge is 0.223 e. The fraction of sp³-hybridized carbons (Fsp3) is 0.857. The summed E-state index contributed by atoms with van der Waals surface area (Å²) in [7, 11) is 0. The molecule has 0 aromatic heterocycles. The summed E-state index contributed by atoms with van der Waals surface area (Å²) in [4.78, 5) is 14.6. The Bertz CT molecular complexity index is 275. The van der Waals surface area contributed by atoms with Crippen molar-refractivity contribution in [1.82, 2.24) is 4.90 Å². The van der Waals surface area contributed by atoms with Gasteiger partial charge in [-0.25, -0.2) is 0 Å². The molecular weight excluding hydrogens is 244 g/mol. The van der Waals surface area contributed by atoms with E-state index in [-0.39, 0.29) is 5.91 Å². The van der Waals surface area contributed by atoms with Gasteiger partial charge in [0, 0.05) is 12.5 Å². The zero-order valence-electron chi connectivity index (χ0n) is 11.5.